The van der Waals surface area contributed by atoms with Crippen LogP contribution < -0.4 is 9.80 Å². The van der Waals surface area contributed by atoms with Crippen molar-refractivity contribution in [3.05, 3.63) is 58.6 Å². The smallest absolute Gasteiger partial charge is 0.260 e. The molecule has 0 bridgehead atoms. The Morgan fingerprint density at radius 2 is 1.69 bits per heavy atom. The minimum atomic E-state index is -0.181. The Bertz CT molecular complexity index is 851. The number of fused-ring (bicyclic) bond motifs is 2. The molecule has 5 nitrogen and oxygen atoms in total. The molecular weight excluding hydrogens is 350 g/mol. The normalized spacial score (nSPS) is 14.2. The summed E-state index contributed by atoms with van der Waals surface area (Å²) < 4.78 is 0. The lowest BCUT2D eigenvalue weighted by Crippen LogP contribution is -2.40. The predicted octanol–water partition coefficient (Wildman–Crippen LogP) is 3.53. The Morgan fingerprint density at radius 1 is 0.962 bits per heavy atom. The van der Waals surface area contributed by atoms with Crippen molar-refractivity contribution in [2.45, 2.75) is 6.42 Å². The van der Waals surface area contributed by atoms with Crippen LogP contribution in [0.3, 0.4) is 0 Å². The number of benzene rings is 2. The Labute approximate surface area is 158 Å². The molecule has 0 radical (unpaired) electrons. The van der Waals surface area contributed by atoms with Crippen LogP contribution in [0.2, 0.25) is 5.02 Å². The van der Waals surface area contributed by atoms with Crippen molar-refractivity contribution in [1.82, 2.24) is 4.90 Å². The van der Waals surface area contributed by atoms with Crippen LogP contribution in [0, 0.1) is 0 Å². The summed E-state index contributed by atoms with van der Waals surface area (Å²) in [7, 11) is 5.68. The van der Waals surface area contributed by atoms with Crippen LogP contribution in [0.4, 0.5) is 11.4 Å². The molecule has 2 aromatic carbocycles. The number of para-hydroxylation sites is 1. The van der Waals surface area contributed by atoms with Crippen molar-refractivity contribution in [3.8, 4) is 0 Å². The van der Waals surface area contributed by atoms with Gasteiger partial charge in [0.1, 0.15) is 0 Å². The fourth-order valence-corrected chi connectivity index (χ4v) is 3.35. The fraction of sp³-hybridized carbons (Fsp3) is 0.300. The van der Waals surface area contributed by atoms with Crippen LogP contribution in [-0.4, -0.2) is 50.9 Å². The number of rotatable bonds is 4. The summed E-state index contributed by atoms with van der Waals surface area (Å²) in [6.45, 7) is 1.37. The highest BCUT2D eigenvalue weighted by Gasteiger charge is 2.31. The van der Waals surface area contributed by atoms with Crippen LogP contribution in [0.1, 0.15) is 27.1 Å². The molecule has 2 aromatic rings. The third-order valence-electron chi connectivity index (χ3n) is 4.51. The Morgan fingerprint density at radius 3 is 2.42 bits per heavy atom. The van der Waals surface area contributed by atoms with Crippen LogP contribution >= 0.6 is 11.6 Å². The van der Waals surface area contributed by atoms with Crippen molar-refractivity contribution in [1.29, 1.82) is 0 Å². The topological polar surface area (TPSA) is 43.9 Å². The van der Waals surface area contributed by atoms with E-state index in [9.17, 15) is 9.59 Å². The molecule has 1 heterocycles. The number of anilines is 2. The zero-order valence-corrected chi connectivity index (χ0v) is 16.0. The maximum absolute atomic E-state index is 13.3. The number of carbonyl (C=O) groups is 2. The van der Waals surface area contributed by atoms with Crippen LogP contribution in [-0.2, 0) is 0 Å². The third-order valence-corrected chi connectivity index (χ3v) is 4.75. The molecule has 0 atom stereocenters. The summed E-state index contributed by atoms with van der Waals surface area (Å²) in [4.78, 5) is 31.6. The summed E-state index contributed by atoms with van der Waals surface area (Å²) in [6, 6.07) is 12.3. The molecule has 0 N–H and O–H groups in total. The predicted molar refractivity (Wildman–Crippen MR) is 105 cm³/mol. The first-order valence-corrected chi connectivity index (χ1v) is 8.91. The molecule has 0 aliphatic carbocycles. The SMILES string of the molecule is CN(C)CCCN1C(=O)c2ccccc2N(C)C(=O)c2cc(Cl)ccc21. The third kappa shape index (κ3) is 3.45. The highest BCUT2D eigenvalue weighted by atomic mass is 35.5. The van der Waals surface area contributed by atoms with E-state index in [1.54, 1.807) is 42.3 Å². The molecule has 3 rings (SSSR count). The van der Waals surface area contributed by atoms with Gasteiger partial charge in [0.2, 0.25) is 0 Å². The number of hydrogen-bond acceptors (Lipinski definition) is 3. The van der Waals surface area contributed by atoms with Crippen molar-refractivity contribution in [3.63, 3.8) is 0 Å². The zero-order chi connectivity index (χ0) is 18.8. The minimum absolute atomic E-state index is 0.109. The van der Waals surface area contributed by atoms with Crippen molar-refractivity contribution >= 4 is 34.8 Å². The van der Waals surface area contributed by atoms with Gasteiger partial charge < -0.3 is 14.7 Å². The lowest BCUT2D eigenvalue weighted by Gasteiger charge is -2.31. The van der Waals surface area contributed by atoms with Gasteiger partial charge in [-0.05, 0) is 57.4 Å². The average molecular weight is 372 g/mol. The molecule has 1 aliphatic rings. The van der Waals surface area contributed by atoms with E-state index in [2.05, 4.69) is 4.90 Å². The van der Waals surface area contributed by atoms with Crippen LogP contribution in [0.15, 0.2) is 42.5 Å². The van der Waals surface area contributed by atoms with E-state index < -0.39 is 0 Å². The first-order valence-electron chi connectivity index (χ1n) is 8.53. The second kappa shape index (κ2) is 7.48. The largest absolute Gasteiger partial charge is 0.311 e. The van der Waals surface area contributed by atoms with E-state index in [1.165, 1.54) is 4.90 Å². The van der Waals surface area contributed by atoms with Crippen molar-refractivity contribution < 1.29 is 9.59 Å². The van der Waals surface area contributed by atoms with E-state index in [0.29, 0.717) is 34.1 Å². The van der Waals surface area contributed by atoms with Crippen molar-refractivity contribution in [2.24, 2.45) is 0 Å². The molecule has 26 heavy (non-hydrogen) atoms. The van der Waals surface area contributed by atoms with Gasteiger partial charge >= 0.3 is 0 Å². The molecule has 0 fully saturated rings. The Hall–Kier alpha value is -2.37. The second-order valence-electron chi connectivity index (χ2n) is 6.66. The van der Waals surface area contributed by atoms with E-state index in [4.69, 9.17) is 11.6 Å². The van der Waals surface area contributed by atoms with Gasteiger partial charge in [-0.2, -0.15) is 0 Å². The number of nitrogens with zero attached hydrogens (tertiary/aromatic N) is 3. The summed E-state index contributed by atoms with van der Waals surface area (Å²) >= 11 is 6.13. The van der Waals surface area contributed by atoms with E-state index in [-0.39, 0.29) is 11.8 Å². The number of carbonyl (C=O) groups excluding carboxylic acids is 2. The molecule has 0 aromatic heterocycles. The maximum Gasteiger partial charge on any atom is 0.260 e. The summed E-state index contributed by atoms with van der Waals surface area (Å²) in [5.41, 5.74) is 2.16. The average Bonchev–Trinajstić information content (AvgIpc) is 2.63. The highest BCUT2D eigenvalue weighted by molar-refractivity contribution is 6.31. The van der Waals surface area contributed by atoms with E-state index in [1.807, 2.05) is 26.2 Å². The van der Waals surface area contributed by atoms with Gasteiger partial charge in [0.05, 0.1) is 22.5 Å². The molecule has 136 valence electrons. The lowest BCUT2D eigenvalue weighted by atomic mass is 10.0. The molecule has 0 spiro atoms. The van der Waals surface area contributed by atoms with Gasteiger partial charge in [-0.15, -0.1) is 0 Å². The first-order chi connectivity index (χ1) is 12.4. The Kier molecular flexibility index (Phi) is 5.30. The molecule has 6 heteroatoms. The number of amides is 2. The molecular formula is C20H22ClN3O2. The summed E-state index contributed by atoms with van der Waals surface area (Å²) in [6.07, 6.45) is 0.799. The molecule has 0 saturated carbocycles. The van der Waals surface area contributed by atoms with E-state index in [0.717, 1.165) is 13.0 Å². The van der Waals surface area contributed by atoms with E-state index >= 15 is 0 Å². The maximum atomic E-state index is 13.3. The summed E-state index contributed by atoms with van der Waals surface area (Å²) in [5, 5.41) is 0.472. The van der Waals surface area contributed by atoms with Gasteiger partial charge in [0, 0.05) is 18.6 Å². The molecule has 1 aliphatic heterocycles. The first kappa shape index (κ1) is 18.4. The van der Waals surface area contributed by atoms with Gasteiger partial charge in [-0.1, -0.05) is 23.7 Å². The molecule has 0 unspecified atom stereocenters. The highest BCUT2D eigenvalue weighted by Crippen LogP contribution is 2.33. The summed E-state index contributed by atoms with van der Waals surface area (Å²) in [5.74, 6) is -0.290. The standard InChI is InChI=1S/C20H22ClN3O2/c1-22(2)11-6-12-24-18-10-9-14(21)13-16(18)19(25)23(3)17-8-5-4-7-15(17)20(24)26/h4-5,7-10,13H,6,11-12H2,1-3H3. The Balaban J connectivity index is 2.12. The lowest BCUT2D eigenvalue weighted by molar-refractivity contribution is 0.0976. The van der Waals surface area contributed by atoms with Gasteiger partial charge in [0.15, 0.2) is 0 Å². The molecule has 0 saturated heterocycles. The van der Waals surface area contributed by atoms with Crippen LogP contribution in [0.5, 0.6) is 0 Å². The second-order valence-corrected chi connectivity index (χ2v) is 7.09. The zero-order valence-electron chi connectivity index (χ0n) is 15.2. The monoisotopic (exact) mass is 371 g/mol. The van der Waals surface area contributed by atoms with Crippen LogP contribution in [0.25, 0.3) is 0 Å². The number of halogens is 1. The van der Waals surface area contributed by atoms with Crippen molar-refractivity contribution in [2.75, 3.05) is 44.0 Å². The fourth-order valence-electron chi connectivity index (χ4n) is 3.17. The quantitative estimate of drug-likeness (QED) is 0.825. The minimum Gasteiger partial charge on any atom is -0.311 e. The molecule has 2 amide bonds. The van der Waals surface area contributed by atoms with Gasteiger partial charge in [-0.25, -0.2) is 0 Å². The number of hydrogen-bond donors (Lipinski definition) is 0. The van der Waals surface area contributed by atoms with Gasteiger partial charge in [0.25, 0.3) is 11.8 Å². The van der Waals surface area contributed by atoms with Gasteiger partial charge in [-0.3, -0.25) is 9.59 Å².